The summed E-state index contributed by atoms with van der Waals surface area (Å²) in [6, 6.07) is 18.1. The zero-order chi connectivity index (χ0) is 20.2. The number of carbonyl (C=O) groups is 1. The Bertz CT molecular complexity index is 1040. The van der Waals surface area contributed by atoms with Crippen molar-refractivity contribution in [3.63, 3.8) is 0 Å². The van der Waals surface area contributed by atoms with E-state index in [9.17, 15) is 9.59 Å². The van der Waals surface area contributed by atoms with Gasteiger partial charge in [-0.05, 0) is 43.0 Å². The van der Waals surface area contributed by atoms with Crippen molar-refractivity contribution >= 4 is 16.9 Å². The van der Waals surface area contributed by atoms with Crippen LogP contribution in [0.5, 0.6) is 0 Å². The van der Waals surface area contributed by atoms with Gasteiger partial charge in [-0.25, -0.2) is 4.79 Å². The third-order valence-corrected chi connectivity index (χ3v) is 5.79. The van der Waals surface area contributed by atoms with Crippen molar-refractivity contribution in [3.05, 3.63) is 70.6 Å². The number of aromatic nitrogens is 2. The summed E-state index contributed by atoms with van der Waals surface area (Å²) >= 11 is 0. The first-order valence-corrected chi connectivity index (χ1v) is 10.3. The monoisotopic (exact) mass is 392 g/mol. The molecule has 1 saturated heterocycles. The average molecular weight is 393 g/mol. The molecule has 1 atom stereocenters. The van der Waals surface area contributed by atoms with E-state index in [0.717, 1.165) is 43.5 Å². The molecule has 3 aromatic rings. The molecule has 0 aliphatic carbocycles. The number of rotatable bonds is 6. The van der Waals surface area contributed by atoms with E-state index in [-0.39, 0.29) is 18.1 Å². The summed E-state index contributed by atoms with van der Waals surface area (Å²) in [4.78, 5) is 27.5. The van der Waals surface area contributed by atoms with Gasteiger partial charge >= 0.3 is 5.69 Å². The van der Waals surface area contributed by atoms with Crippen molar-refractivity contribution in [1.29, 1.82) is 0 Å². The molecule has 1 aliphatic heterocycles. The fraction of sp³-hybridized carbons (Fsp3) is 0.391. The lowest BCUT2D eigenvalue weighted by Gasteiger charge is -2.32. The predicted octanol–water partition coefficient (Wildman–Crippen LogP) is 2.37. The highest BCUT2D eigenvalue weighted by Crippen LogP contribution is 2.18. The van der Waals surface area contributed by atoms with Crippen molar-refractivity contribution in [1.82, 2.24) is 19.4 Å². The van der Waals surface area contributed by atoms with E-state index in [2.05, 4.69) is 34.5 Å². The molecule has 0 saturated carbocycles. The Hall–Kier alpha value is -2.86. The van der Waals surface area contributed by atoms with E-state index < -0.39 is 0 Å². The Morgan fingerprint density at radius 3 is 2.59 bits per heavy atom. The molecule has 2 aromatic carbocycles. The van der Waals surface area contributed by atoms with Crippen LogP contribution in [0, 0.1) is 5.92 Å². The molecule has 0 bridgehead atoms. The molecule has 1 N–H and O–H groups in total. The third-order valence-electron chi connectivity index (χ3n) is 5.79. The Kier molecular flexibility index (Phi) is 5.81. The molecule has 0 spiro atoms. The van der Waals surface area contributed by atoms with Crippen molar-refractivity contribution < 1.29 is 4.79 Å². The maximum absolute atomic E-state index is 12.5. The summed E-state index contributed by atoms with van der Waals surface area (Å²) in [6.07, 6.45) is 2.27. The van der Waals surface area contributed by atoms with Crippen LogP contribution in [0.3, 0.4) is 0 Å². The summed E-state index contributed by atoms with van der Waals surface area (Å²) < 4.78 is 3.14. The highest BCUT2D eigenvalue weighted by molar-refractivity contribution is 5.80. The summed E-state index contributed by atoms with van der Waals surface area (Å²) in [5, 5.41) is 3.05. The number of hydrogen-bond donors (Lipinski definition) is 1. The molecule has 1 amide bonds. The smallest absolute Gasteiger partial charge is 0.329 e. The number of para-hydroxylation sites is 2. The van der Waals surface area contributed by atoms with Crippen molar-refractivity contribution in [2.45, 2.75) is 25.9 Å². The molecular weight excluding hydrogens is 364 g/mol. The third kappa shape index (κ3) is 4.43. The molecule has 0 radical (unpaired) electrons. The second kappa shape index (κ2) is 8.66. The Morgan fingerprint density at radius 2 is 1.79 bits per heavy atom. The Balaban J connectivity index is 1.33. The Labute approximate surface area is 170 Å². The molecule has 1 aromatic heterocycles. The standard InChI is InChI=1S/C23H28N4O2/c1-25-20-11-5-6-12-21(20)27(23(25)29)17-22(28)24-14-19-10-7-13-26(16-19)15-18-8-3-2-4-9-18/h2-6,8-9,11-12,19H,7,10,13-17H2,1H3,(H,24,28). The molecule has 152 valence electrons. The first-order chi connectivity index (χ1) is 14.1. The number of aryl methyl sites for hydroxylation is 1. The summed E-state index contributed by atoms with van der Waals surface area (Å²) in [5.74, 6) is 0.337. The minimum absolute atomic E-state index is 0.0562. The first-order valence-electron chi connectivity index (χ1n) is 10.3. The topological polar surface area (TPSA) is 59.3 Å². The molecule has 2 heterocycles. The molecule has 1 fully saturated rings. The number of hydrogen-bond acceptors (Lipinski definition) is 3. The first kappa shape index (κ1) is 19.5. The highest BCUT2D eigenvalue weighted by Gasteiger charge is 2.21. The summed E-state index contributed by atoms with van der Waals surface area (Å²) in [6.45, 7) is 3.76. The van der Waals surface area contributed by atoms with Gasteiger partial charge in [0.2, 0.25) is 5.91 Å². The number of nitrogens with zero attached hydrogens (tertiary/aromatic N) is 3. The zero-order valence-electron chi connectivity index (χ0n) is 16.9. The van der Waals surface area contributed by atoms with Crippen molar-refractivity contribution in [3.8, 4) is 0 Å². The van der Waals surface area contributed by atoms with Crippen LogP contribution in [-0.4, -0.2) is 39.6 Å². The number of benzene rings is 2. The van der Waals surface area contributed by atoms with E-state index in [1.807, 2.05) is 30.3 Å². The van der Waals surface area contributed by atoms with Gasteiger partial charge in [0.1, 0.15) is 6.54 Å². The largest absolute Gasteiger partial charge is 0.354 e. The van der Waals surface area contributed by atoms with Gasteiger partial charge in [0, 0.05) is 26.7 Å². The Morgan fingerprint density at radius 1 is 1.07 bits per heavy atom. The minimum atomic E-state index is -0.159. The maximum Gasteiger partial charge on any atom is 0.329 e. The molecule has 6 nitrogen and oxygen atoms in total. The van der Waals surface area contributed by atoms with Gasteiger partial charge in [0.15, 0.2) is 0 Å². The number of piperidine rings is 1. The average Bonchev–Trinajstić information content (AvgIpc) is 2.98. The van der Waals surface area contributed by atoms with Crippen LogP contribution in [0.4, 0.5) is 0 Å². The molecule has 4 rings (SSSR count). The maximum atomic E-state index is 12.5. The molecular formula is C23H28N4O2. The lowest BCUT2D eigenvalue weighted by molar-refractivity contribution is -0.121. The number of nitrogens with one attached hydrogen (secondary N) is 1. The molecule has 6 heteroatoms. The second-order valence-electron chi connectivity index (χ2n) is 7.95. The highest BCUT2D eigenvalue weighted by atomic mass is 16.2. The van der Waals surface area contributed by atoms with Gasteiger partial charge in [-0.3, -0.25) is 18.8 Å². The van der Waals surface area contributed by atoms with Crippen LogP contribution in [0.15, 0.2) is 59.4 Å². The molecule has 1 unspecified atom stereocenters. The van der Waals surface area contributed by atoms with Gasteiger partial charge in [0.05, 0.1) is 11.0 Å². The number of carbonyl (C=O) groups excluding carboxylic acids is 1. The van der Waals surface area contributed by atoms with Crippen LogP contribution in [0.1, 0.15) is 18.4 Å². The van der Waals surface area contributed by atoms with E-state index in [1.54, 1.807) is 16.2 Å². The number of fused-ring (bicyclic) bond motifs is 1. The van der Waals surface area contributed by atoms with E-state index in [1.165, 1.54) is 5.56 Å². The van der Waals surface area contributed by atoms with Crippen LogP contribution in [-0.2, 0) is 24.9 Å². The lowest BCUT2D eigenvalue weighted by Crippen LogP contribution is -2.41. The van der Waals surface area contributed by atoms with Crippen LogP contribution in [0.2, 0.25) is 0 Å². The fourth-order valence-corrected chi connectivity index (χ4v) is 4.28. The summed E-state index contributed by atoms with van der Waals surface area (Å²) in [7, 11) is 1.74. The lowest BCUT2D eigenvalue weighted by atomic mass is 9.97. The van der Waals surface area contributed by atoms with Gasteiger partial charge in [-0.2, -0.15) is 0 Å². The number of amides is 1. The zero-order valence-corrected chi connectivity index (χ0v) is 16.9. The predicted molar refractivity (Wildman–Crippen MR) is 115 cm³/mol. The van der Waals surface area contributed by atoms with Crippen LogP contribution >= 0.6 is 0 Å². The van der Waals surface area contributed by atoms with Gasteiger partial charge in [-0.15, -0.1) is 0 Å². The number of likely N-dealkylation sites (tertiary alicyclic amines) is 1. The molecule has 29 heavy (non-hydrogen) atoms. The van der Waals surface area contributed by atoms with E-state index in [0.29, 0.717) is 12.5 Å². The SMILES string of the molecule is Cn1c(=O)n(CC(=O)NCC2CCCN(Cc3ccccc3)C2)c2ccccc21. The van der Waals surface area contributed by atoms with E-state index in [4.69, 9.17) is 0 Å². The van der Waals surface area contributed by atoms with Crippen LogP contribution < -0.4 is 11.0 Å². The normalized spacial score (nSPS) is 17.5. The molecule has 1 aliphatic rings. The summed E-state index contributed by atoms with van der Waals surface area (Å²) in [5.41, 5.74) is 2.80. The van der Waals surface area contributed by atoms with Gasteiger partial charge in [0.25, 0.3) is 0 Å². The number of imidazole rings is 1. The minimum Gasteiger partial charge on any atom is -0.354 e. The van der Waals surface area contributed by atoms with Crippen molar-refractivity contribution in [2.24, 2.45) is 13.0 Å². The second-order valence-corrected chi connectivity index (χ2v) is 7.95. The van der Waals surface area contributed by atoms with E-state index >= 15 is 0 Å². The fourth-order valence-electron chi connectivity index (χ4n) is 4.28. The quantitative estimate of drug-likeness (QED) is 0.701. The van der Waals surface area contributed by atoms with Gasteiger partial charge in [-0.1, -0.05) is 42.5 Å². The van der Waals surface area contributed by atoms with Gasteiger partial charge < -0.3 is 5.32 Å². The van der Waals surface area contributed by atoms with Crippen LogP contribution in [0.25, 0.3) is 11.0 Å². The van der Waals surface area contributed by atoms with Crippen molar-refractivity contribution in [2.75, 3.05) is 19.6 Å².